The topological polar surface area (TPSA) is 43.1 Å². The van der Waals surface area contributed by atoms with Crippen molar-refractivity contribution in [2.45, 2.75) is 0 Å². The van der Waals surface area contributed by atoms with Gasteiger partial charge in [-0.1, -0.05) is 11.6 Å². The number of halogens is 3. The van der Waals surface area contributed by atoms with E-state index in [1.165, 1.54) is 18.2 Å². The van der Waals surface area contributed by atoms with Gasteiger partial charge >= 0.3 is 0 Å². The molecule has 0 amide bonds. The molecule has 2 aromatic carbocycles. The van der Waals surface area contributed by atoms with Crippen LogP contribution in [0.5, 0.6) is 0 Å². The van der Waals surface area contributed by atoms with Gasteiger partial charge in [0.25, 0.3) is 0 Å². The van der Waals surface area contributed by atoms with Gasteiger partial charge in [0.15, 0.2) is 5.78 Å². The normalized spacial score (nSPS) is 10.4. The van der Waals surface area contributed by atoms with E-state index in [1.807, 2.05) is 0 Å². The Morgan fingerprint density at radius 2 is 1.83 bits per heavy atom. The fraction of sp³-hybridized carbons (Fsp3) is 0. The van der Waals surface area contributed by atoms with Gasteiger partial charge in [0.1, 0.15) is 11.6 Å². The summed E-state index contributed by atoms with van der Waals surface area (Å²) in [6, 6.07) is 7.11. The van der Waals surface area contributed by atoms with Gasteiger partial charge < -0.3 is 5.73 Å². The molecule has 0 saturated carbocycles. The maximum Gasteiger partial charge on any atom is 0.194 e. The van der Waals surface area contributed by atoms with Crippen molar-refractivity contribution < 1.29 is 13.6 Å². The SMILES string of the molecule is Nc1ccc(C(=O)c2ccc(F)cc2Cl)cc1F. The van der Waals surface area contributed by atoms with Crippen LogP contribution in [0.2, 0.25) is 5.02 Å². The van der Waals surface area contributed by atoms with Gasteiger partial charge in [-0.2, -0.15) is 0 Å². The Morgan fingerprint density at radius 1 is 1.11 bits per heavy atom. The van der Waals surface area contributed by atoms with Gasteiger partial charge in [0.05, 0.1) is 10.7 Å². The molecule has 0 saturated heterocycles. The Kier molecular flexibility index (Phi) is 3.30. The summed E-state index contributed by atoms with van der Waals surface area (Å²) < 4.78 is 26.1. The van der Waals surface area contributed by atoms with Crippen molar-refractivity contribution in [3.05, 3.63) is 64.2 Å². The van der Waals surface area contributed by atoms with E-state index in [0.29, 0.717) is 0 Å². The molecule has 18 heavy (non-hydrogen) atoms. The predicted octanol–water partition coefficient (Wildman–Crippen LogP) is 3.43. The molecule has 0 radical (unpaired) electrons. The number of nitrogens with two attached hydrogens (primary N) is 1. The lowest BCUT2D eigenvalue weighted by atomic mass is 10.0. The van der Waals surface area contributed by atoms with Crippen LogP contribution in [0.4, 0.5) is 14.5 Å². The first-order valence-corrected chi connectivity index (χ1v) is 5.41. The van der Waals surface area contributed by atoms with Crippen LogP contribution in [-0.4, -0.2) is 5.78 Å². The maximum atomic E-state index is 13.2. The lowest BCUT2D eigenvalue weighted by Crippen LogP contribution is -2.04. The zero-order valence-corrected chi connectivity index (χ0v) is 9.84. The van der Waals surface area contributed by atoms with Crippen LogP contribution in [0.1, 0.15) is 15.9 Å². The van der Waals surface area contributed by atoms with Crippen molar-refractivity contribution >= 4 is 23.1 Å². The van der Waals surface area contributed by atoms with Crippen LogP contribution in [0.3, 0.4) is 0 Å². The molecule has 0 aliphatic rings. The molecule has 0 bridgehead atoms. The number of rotatable bonds is 2. The molecule has 2 aromatic rings. The van der Waals surface area contributed by atoms with Crippen molar-refractivity contribution in [1.82, 2.24) is 0 Å². The van der Waals surface area contributed by atoms with E-state index in [9.17, 15) is 13.6 Å². The number of hydrogen-bond donors (Lipinski definition) is 1. The second-order valence-electron chi connectivity index (χ2n) is 3.69. The molecule has 0 fully saturated rings. The molecule has 2 N–H and O–H groups in total. The van der Waals surface area contributed by atoms with Gasteiger partial charge in [-0.05, 0) is 36.4 Å². The molecule has 2 rings (SSSR count). The molecule has 0 atom stereocenters. The minimum atomic E-state index is -0.681. The third-order valence-corrected chi connectivity index (χ3v) is 2.75. The molecule has 0 heterocycles. The van der Waals surface area contributed by atoms with E-state index in [0.717, 1.165) is 18.2 Å². The highest BCUT2D eigenvalue weighted by molar-refractivity contribution is 6.35. The standard InChI is InChI=1S/C13H8ClF2NO/c14-10-6-8(15)2-3-9(10)13(18)7-1-4-12(17)11(16)5-7/h1-6H,17H2. The summed E-state index contributed by atoms with van der Waals surface area (Å²) in [6.07, 6.45) is 0. The Bertz CT molecular complexity index is 628. The Morgan fingerprint density at radius 3 is 2.44 bits per heavy atom. The molecule has 0 spiro atoms. The number of carbonyl (C=O) groups is 1. The molecule has 2 nitrogen and oxygen atoms in total. The van der Waals surface area contributed by atoms with Gasteiger partial charge in [-0.3, -0.25) is 4.79 Å². The predicted molar refractivity (Wildman–Crippen MR) is 65.7 cm³/mol. The first-order valence-electron chi connectivity index (χ1n) is 5.04. The van der Waals surface area contributed by atoms with Crippen LogP contribution in [-0.2, 0) is 0 Å². The summed E-state index contributed by atoms with van der Waals surface area (Å²) in [6.45, 7) is 0. The summed E-state index contributed by atoms with van der Waals surface area (Å²) in [4.78, 5) is 12.0. The fourth-order valence-corrected chi connectivity index (χ4v) is 1.75. The lowest BCUT2D eigenvalue weighted by Gasteiger charge is -2.05. The average Bonchev–Trinajstić information content (AvgIpc) is 2.32. The number of ketones is 1. The largest absolute Gasteiger partial charge is 0.396 e. The van der Waals surface area contributed by atoms with Crippen molar-refractivity contribution in [2.24, 2.45) is 0 Å². The summed E-state index contributed by atoms with van der Waals surface area (Å²) in [5.41, 5.74) is 5.49. The summed E-state index contributed by atoms with van der Waals surface area (Å²) in [7, 11) is 0. The van der Waals surface area contributed by atoms with Gasteiger partial charge in [0, 0.05) is 11.1 Å². The molecule has 92 valence electrons. The van der Waals surface area contributed by atoms with Gasteiger partial charge in [-0.25, -0.2) is 8.78 Å². The van der Waals surface area contributed by atoms with Crippen molar-refractivity contribution in [2.75, 3.05) is 5.73 Å². The first kappa shape index (κ1) is 12.5. The second-order valence-corrected chi connectivity index (χ2v) is 4.10. The molecular formula is C13H8ClF2NO. The zero-order chi connectivity index (χ0) is 13.3. The highest BCUT2D eigenvalue weighted by Crippen LogP contribution is 2.22. The van der Waals surface area contributed by atoms with Crippen LogP contribution in [0, 0.1) is 11.6 Å². The number of benzene rings is 2. The fourth-order valence-electron chi connectivity index (χ4n) is 1.50. The Labute approximate surface area is 107 Å². The van der Waals surface area contributed by atoms with E-state index in [-0.39, 0.29) is 21.8 Å². The number of nitrogen functional groups attached to an aromatic ring is 1. The minimum Gasteiger partial charge on any atom is -0.396 e. The lowest BCUT2D eigenvalue weighted by molar-refractivity contribution is 0.103. The maximum absolute atomic E-state index is 13.2. The first-order chi connectivity index (χ1) is 8.49. The minimum absolute atomic E-state index is 0.0165. The van der Waals surface area contributed by atoms with E-state index in [1.54, 1.807) is 0 Å². The van der Waals surface area contributed by atoms with Crippen LogP contribution in [0.15, 0.2) is 36.4 Å². The molecule has 0 aromatic heterocycles. The van der Waals surface area contributed by atoms with E-state index < -0.39 is 17.4 Å². The van der Waals surface area contributed by atoms with Crippen LogP contribution in [0.25, 0.3) is 0 Å². The Balaban J connectivity index is 2.44. The summed E-state index contributed by atoms with van der Waals surface area (Å²) >= 11 is 5.77. The van der Waals surface area contributed by atoms with Crippen molar-refractivity contribution in [3.8, 4) is 0 Å². The third-order valence-electron chi connectivity index (χ3n) is 2.44. The summed E-state index contributed by atoms with van der Waals surface area (Å²) in [5, 5.41) is -0.0165. The average molecular weight is 268 g/mol. The van der Waals surface area contributed by atoms with Crippen molar-refractivity contribution in [3.63, 3.8) is 0 Å². The van der Waals surface area contributed by atoms with Crippen LogP contribution >= 0.6 is 11.6 Å². The highest BCUT2D eigenvalue weighted by atomic mass is 35.5. The number of carbonyl (C=O) groups excluding carboxylic acids is 1. The van der Waals surface area contributed by atoms with Crippen molar-refractivity contribution in [1.29, 1.82) is 0 Å². The summed E-state index contributed by atoms with van der Waals surface area (Å²) in [5.74, 6) is -1.71. The van der Waals surface area contributed by atoms with E-state index >= 15 is 0 Å². The number of hydrogen-bond acceptors (Lipinski definition) is 2. The molecular weight excluding hydrogens is 260 g/mol. The monoisotopic (exact) mass is 267 g/mol. The molecule has 0 unspecified atom stereocenters. The second kappa shape index (κ2) is 4.74. The number of anilines is 1. The van der Waals surface area contributed by atoms with Gasteiger partial charge in [0.2, 0.25) is 0 Å². The molecule has 5 heteroatoms. The van der Waals surface area contributed by atoms with E-state index in [4.69, 9.17) is 17.3 Å². The van der Waals surface area contributed by atoms with Gasteiger partial charge in [-0.15, -0.1) is 0 Å². The van der Waals surface area contributed by atoms with Crippen LogP contribution < -0.4 is 5.73 Å². The third kappa shape index (κ3) is 2.33. The Hall–Kier alpha value is -1.94. The highest BCUT2D eigenvalue weighted by Gasteiger charge is 2.14. The quantitative estimate of drug-likeness (QED) is 0.669. The molecule has 0 aliphatic heterocycles. The molecule has 0 aliphatic carbocycles. The zero-order valence-electron chi connectivity index (χ0n) is 9.08. The smallest absolute Gasteiger partial charge is 0.194 e. The van der Waals surface area contributed by atoms with E-state index in [2.05, 4.69) is 0 Å².